The molecule has 6 nitrogen and oxygen atoms in total. The number of amides is 1. The minimum atomic E-state index is -0.0707. The summed E-state index contributed by atoms with van der Waals surface area (Å²) in [7, 11) is 2.22. The van der Waals surface area contributed by atoms with Gasteiger partial charge in [0.05, 0.1) is 0 Å². The van der Waals surface area contributed by atoms with Crippen LogP contribution in [0.15, 0.2) is 41.2 Å². The molecule has 1 aromatic carbocycles. The van der Waals surface area contributed by atoms with Crippen LogP contribution in [-0.4, -0.2) is 59.5 Å². The lowest BCUT2D eigenvalue weighted by atomic mass is 9.79. The predicted octanol–water partition coefficient (Wildman–Crippen LogP) is 2.99. The van der Waals surface area contributed by atoms with Gasteiger partial charge < -0.3 is 14.8 Å². The van der Waals surface area contributed by atoms with Gasteiger partial charge in [0.15, 0.2) is 0 Å². The third-order valence-corrected chi connectivity index (χ3v) is 7.34. The number of anilines is 1. The smallest absolute Gasteiger partial charge is 0.250 e. The molecule has 164 valence electrons. The number of pyridine rings is 1. The largest absolute Gasteiger partial charge is 0.326 e. The van der Waals surface area contributed by atoms with Crippen LogP contribution in [0.1, 0.15) is 37.8 Å². The number of hydrogen-bond acceptors (Lipinski definition) is 4. The number of rotatable bonds is 3. The molecular weight excluding hydrogens is 388 g/mol. The molecule has 2 bridgehead atoms. The third-order valence-electron chi connectivity index (χ3n) is 7.34. The number of fused-ring (bicyclic) bond motifs is 4. The Kier molecular flexibility index (Phi) is 5.44. The van der Waals surface area contributed by atoms with Gasteiger partial charge in [-0.15, -0.1) is 0 Å². The molecule has 0 spiro atoms. The van der Waals surface area contributed by atoms with Crippen molar-refractivity contribution < 1.29 is 4.79 Å². The molecule has 2 fully saturated rings. The van der Waals surface area contributed by atoms with Crippen LogP contribution in [0.2, 0.25) is 0 Å². The van der Waals surface area contributed by atoms with Crippen molar-refractivity contribution in [2.24, 2.45) is 5.92 Å². The fourth-order valence-electron chi connectivity index (χ4n) is 5.89. The van der Waals surface area contributed by atoms with Gasteiger partial charge in [0, 0.05) is 61.5 Å². The fourth-order valence-corrected chi connectivity index (χ4v) is 5.89. The fraction of sp³-hybridized carbons (Fsp3) is 0.520. The second-order valence-electron chi connectivity index (χ2n) is 9.63. The maximum Gasteiger partial charge on any atom is 0.250 e. The summed E-state index contributed by atoms with van der Waals surface area (Å²) < 4.78 is 2.04. The average Bonchev–Trinajstić information content (AvgIpc) is 2.75. The summed E-state index contributed by atoms with van der Waals surface area (Å²) in [5, 5.41) is 2.83. The highest BCUT2D eigenvalue weighted by atomic mass is 16.1. The second-order valence-corrected chi connectivity index (χ2v) is 9.63. The summed E-state index contributed by atoms with van der Waals surface area (Å²) in [6.07, 6.45) is 3.66. The first-order chi connectivity index (χ1) is 15.0. The van der Waals surface area contributed by atoms with Crippen molar-refractivity contribution in [1.82, 2.24) is 14.4 Å². The van der Waals surface area contributed by atoms with E-state index in [4.69, 9.17) is 0 Å². The normalized spacial score (nSPS) is 24.6. The Morgan fingerprint density at radius 3 is 2.45 bits per heavy atom. The van der Waals surface area contributed by atoms with Crippen LogP contribution in [0.4, 0.5) is 5.69 Å². The minimum absolute atomic E-state index is 0.0707. The Labute approximate surface area is 183 Å². The number of carbonyl (C=O) groups excluding carboxylic acids is 1. The van der Waals surface area contributed by atoms with E-state index in [1.54, 1.807) is 6.07 Å². The molecule has 6 heteroatoms. The Hall–Kier alpha value is -2.44. The summed E-state index contributed by atoms with van der Waals surface area (Å²) >= 11 is 0. The summed E-state index contributed by atoms with van der Waals surface area (Å²) in [4.78, 5) is 29.3. The highest BCUT2D eigenvalue weighted by Gasteiger charge is 2.38. The molecule has 0 radical (unpaired) electrons. The molecule has 3 aliphatic heterocycles. The number of carbonyl (C=O) groups is 1. The van der Waals surface area contributed by atoms with Gasteiger partial charge in [0.1, 0.15) is 0 Å². The molecule has 31 heavy (non-hydrogen) atoms. The van der Waals surface area contributed by atoms with Crippen molar-refractivity contribution in [3.8, 4) is 11.1 Å². The molecule has 5 rings (SSSR count). The van der Waals surface area contributed by atoms with Crippen LogP contribution in [0.25, 0.3) is 11.1 Å². The molecule has 0 saturated carbocycles. The summed E-state index contributed by atoms with van der Waals surface area (Å²) in [5.74, 6) is 0.880. The number of aromatic nitrogens is 1. The Balaban J connectivity index is 1.46. The van der Waals surface area contributed by atoms with E-state index >= 15 is 0 Å². The molecule has 2 unspecified atom stereocenters. The number of likely N-dealkylation sites (tertiary alicyclic amines) is 2. The van der Waals surface area contributed by atoms with Gasteiger partial charge in [-0.2, -0.15) is 0 Å². The first kappa shape index (κ1) is 20.5. The van der Waals surface area contributed by atoms with Crippen LogP contribution in [0.3, 0.4) is 0 Å². The van der Waals surface area contributed by atoms with E-state index in [2.05, 4.69) is 34.3 Å². The number of hydrogen-bond donors (Lipinski definition) is 1. The van der Waals surface area contributed by atoms with E-state index in [1.807, 2.05) is 22.8 Å². The van der Waals surface area contributed by atoms with Crippen molar-refractivity contribution in [1.29, 1.82) is 0 Å². The van der Waals surface area contributed by atoms with E-state index in [-0.39, 0.29) is 11.5 Å². The molecule has 2 aromatic rings. The molecule has 0 aliphatic carbocycles. The number of benzene rings is 1. The van der Waals surface area contributed by atoms with Gasteiger partial charge in [0.25, 0.3) is 5.56 Å². The Bertz CT molecular complexity index is 1020. The number of nitrogens with zero attached hydrogens (tertiary/aromatic N) is 3. The maximum atomic E-state index is 12.8. The van der Waals surface area contributed by atoms with Crippen LogP contribution in [-0.2, 0) is 11.3 Å². The standard InChI is InChI=1S/C25H32N4O2/c1-17(30)26-21-5-3-19(4-6-21)23-7-8-24(31)29-15-18-13-20(25(23)29)16-28(14-18)22-9-11-27(2)12-10-22/h3-8,18,20,22H,9-16H2,1-2H3,(H,26,30). The van der Waals surface area contributed by atoms with Crippen LogP contribution in [0, 0.1) is 5.92 Å². The topological polar surface area (TPSA) is 57.6 Å². The average molecular weight is 421 g/mol. The van der Waals surface area contributed by atoms with Crippen molar-refractivity contribution in [3.63, 3.8) is 0 Å². The number of nitrogens with one attached hydrogen (secondary N) is 1. The molecule has 2 saturated heterocycles. The molecule has 2 atom stereocenters. The van der Waals surface area contributed by atoms with Crippen molar-refractivity contribution in [3.05, 3.63) is 52.4 Å². The lowest BCUT2D eigenvalue weighted by Crippen LogP contribution is -2.53. The van der Waals surface area contributed by atoms with E-state index < -0.39 is 0 Å². The monoisotopic (exact) mass is 420 g/mol. The lowest BCUT2D eigenvalue weighted by Gasteiger charge is -2.47. The zero-order valence-corrected chi connectivity index (χ0v) is 18.5. The van der Waals surface area contributed by atoms with Gasteiger partial charge in [0.2, 0.25) is 5.91 Å². The van der Waals surface area contributed by atoms with Gasteiger partial charge in [-0.05, 0) is 69.1 Å². The summed E-state index contributed by atoms with van der Waals surface area (Å²) in [6, 6.07) is 12.4. The zero-order valence-electron chi connectivity index (χ0n) is 18.5. The quantitative estimate of drug-likeness (QED) is 0.829. The first-order valence-electron chi connectivity index (χ1n) is 11.5. The van der Waals surface area contributed by atoms with E-state index in [0.29, 0.717) is 17.9 Å². The Morgan fingerprint density at radius 2 is 1.74 bits per heavy atom. The summed E-state index contributed by atoms with van der Waals surface area (Å²) in [5.41, 5.74) is 4.38. The molecule has 1 N–H and O–H groups in total. The van der Waals surface area contributed by atoms with Gasteiger partial charge >= 0.3 is 0 Å². The highest BCUT2D eigenvalue weighted by Crippen LogP contribution is 2.41. The first-order valence-corrected chi connectivity index (χ1v) is 11.5. The SMILES string of the molecule is CC(=O)Nc1ccc(-c2ccc(=O)n3c2C2CC(CN(C4CCN(C)CC4)C2)C3)cc1. The van der Waals surface area contributed by atoms with Crippen LogP contribution < -0.4 is 10.9 Å². The third kappa shape index (κ3) is 4.06. The number of piperidine rings is 2. The minimum Gasteiger partial charge on any atom is -0.326 e. The second kappa shape index (κ2) is 8.24. The van der Waals surface area contributed by atoms with E-state index in [9.17, 15) is 9.59 Å². The molecule has 3 aliphatic rings. The van der Waals surface area contributed by atoms with Crippen LogP contribution >= 0.6 is 0 Å². The van der Waals surface area contributed by atoms with Gasteiger partial charge in [-0.1, -0.05) is 12.1 Å². The summed E-state index contributed by atoms with van der Waals surface area (Å²) in [6.45, 7) is 6.86. The molecule has 1 amide bonds. The van der Waals surface area contributed by atoms with Crippen molar-refractivity contribution >= 4 is 11.6 Å². The predicted molar refractivity (Wildman–Crippen MR) is 123 cm³/mol. The zero-order chi connectivity index (χ0) is 21.5. The molecule has 4 heterocycles. The highest BCUT2D eigenvalue weighted by molar-refractivity contribution is 5.89. The molecule has 1 aromatic heterocycles. The lowest BCUT2D eigenvalue weighted by molar-refractivity contribution is -0.114. The van der Waals surface area contributed by atoms with Gasteiger partial charge in [-0.25, -0.2) is 0 Å². The Morgan fingerprint density at radius 1 is 1.00 bits per heavy atom. The van der Waals surface area contributed by atoms with Crippen molar-refractivity contribution in [2.75, 3.05) is 38.5 Å². The van der Waals surface area contributed by atoms with Crippen LogP contribution in [0.5, 0.6) is 0 Å². The molecular formula is C25H32N4O2. The maximum absolute atomic E-state index is 12.8. The van der Waals surface area contributed by atoms with E-state index in [1.165, 1.54) is 45.0 Å². The van der Waals surface area contributed by atoms with Gasteiger partial charge in [-0.3, -0.25) is 14.5 Å². The van der Waals surface area contributed by atoms with E-state index in [0.717, 1.165) is 36.4 Å². The van der Waals surface area contributed by atoms with Crippen molar-refractivity contribution in [2.45, 2.75) is 44.7 Å².